The fourth-order valence-electron chi connectivity index (χ4n) is 1.77. The summed E-state index contributed by atoms with van der Waals surface area (Å²) in [6, 6.07) is 5.49. The van der Waals surface area contributed by atoms with Gasteiger partial charge in [-0.1, -0.05) is 30.7 Å². The van der Waals surface area contributed by atoms with Crippen molar-refractivity contribution < 1.29 is 9.90 Å². The highest BCUT2D eigenvalue weighted by Gasteiger charge is 2.22. The molecule has 94 valence electrons. The second kappa shape index (κ2) is 5.82. The van der Waals surface area contributed by atoms with E-state index in [2.05, 4.69) is 5.32 Å². The fraction of sp³-hybridized carbons (Fsp3) is 0.500. The van der Waals surface area contributed by atoms with Crippen LogP contribution in [0.4, 0.5) is 0 Å². The fourth-order valence-corrected chi connectivity index (χ4v) is 1.77. The van der Waals surface area contributed by atoms with Gasteiger partial charge in [0.05, 0.1) is 0 Å². The topological polar surface area (TPSA) is 49.3 Å². The Morgan fingerprint density at radius 1 is 1.41 bits per heavy atom. The zero-order chi connectivity index (χ0) is 13.0. The summed E-state index contributed by atoms with van der Waals surface area (Å²) in [7, 11) is 0. The van der Waals surface area contributed by atoms with Crippen molar-refractivity contribution >= 4 is 5.97 Å². The number of carbonyl (C=O) groups is 1. The molecular weight excluding hydrogens is 214 g/mol. The molecule has 3 heteroatoms. The Morgan fingerprint density at radius 2 is 2.06 bits per heavy atom. The zero-order valence-electron chi connectivity index (χ0n) is 10.9. The van der Waals surface area contributed by atoms with Crippen LogP contribution in [0.5, 0.6) is 0 Å². The first-order valence-electron chi connectivity index (χ1n) is 6.01. The Labute approximate surface area is 103 Å². The molecule has 0 aliphatic heterocycles. The molecule has 0 heterocycles. The van der Waals surface area contributed by atoms with E-state index < -0.39 is 12.0 Å². The highest BCUT2D eigenvalue weighted by atomic mass is 16.4. The largest absolute Gasteiger partial charge is 0.480 e. The van der Waals surface area contributed by atoms with E-state index in [0.717, 1.165) is 23.1 Å². The van der Waals surface area contributed by atoms with Gasteiger partial charge in [0.25, 0.3) is 0 Å². The number of hydrogen-bond donors (Lipinski definition) is 2. The highest BCUT2D eigenvalue weighted by molar-refractivity contribution is 5.76. The van der Waals surface area contributed by atoms with Crippen LogP contribution in [0.1, 0.15) is 43.0 Å². The lowest BCUT2D eigenvalue weighted by atomic mass is 9.98. The van der Waals surface area contributed by atoms with Gasteiger partial charge in [-0.15, -0.1) is 0 Å². The first kappa shape index (κ1) is 13.7. The van der Waals surface area contributed by atoms with E-state index in [1.807, 2.05) is 45.9 Å². The number of carboxylic acids is 1. The molecule has 2 atom stereocenters. The number of nitrogens with one attached hydrogen (secondary N) is 1. The molecule has 1 rings (SSSR count). The summed E-state index contributed by atoms with van der Waals surface area (Å²) in [4.78, 5) is 11.4. The van der Waals surface area contributed by atoms with Gasteiger partial charge >= 0.3 is 5.97 Å². The molecule has 0 fully saturated rings. The molecule has 0 spiro atoms. The van der Waals surface area contributed by atoms with Crippen LogP contribution in [0.2, 0.25) is 0 Å². The second-order valence-corrected chi connectivity index (χ2v) is 4.61. The number of aryl methyl sites for hydroxylation is 2. The van der Waals surface area contributed by atoms with Crippen LogP contribution in [-0.2, 0) is 4.79 Å². The van der Waals surface area contributed by atoms with Crippen molar-refractivity contribution in [1.82, 2.24) is 5.32 Å². The molecule has 0 aliphatic carbocycles. The van der Waals surface area contributed by atoms with Crippen molar-refractivity contribution in [3.8, 4) is 0 Å². The lowest BCUT2D eigenvalue weighted by molar-refractivity contribution is -0.139. The van der Waals surface area contributed by atoms with Crippen LogP contribution in [0, 0.1) is 13.8 Å². The predicted octanol–water partition coefficient (Wildman–Crippen LogP) is 2.82. The second-order valence-electron chi connectivity index (χ2n) is 4.61. The third-order valence-corrected chi connectivity index (χ3v) is 3.06. The number of hydrogen-bond acceptors (Lipinski definition) is 2. The summed E-state index contributed by atoms with van der Waals surface area (Å²) in [6.07, 6.45) is 0.911. The number of benzene rings is 1. The van der Waals surface area contributed by atoms with E-state index in [1.54, 1.807) is 0 Å². The molecule has 0 bridgehead atoms. The van der Waals surface area contributed by atoms with Crippen molar-refractivity contribution in [2.45, 2.75) is 46.2 Å². The maximum absolute atomic E-state index is 11.4. The van der Waals surface area contributed by atoms with E-state index in [0.29, 0.717) is 0 Å². The molecule has 0 aromatic heterocycles. The normalized spacial score (nSPS) is 14.4. The minimum absolute atomic E-state index is 0.191. The van der Waals surface area contributed by atoms with Crippen LogP contribution in [0.25, 0.3) is 0 Å². The van der Waals surface area contributed by atoms with Crippen LogP contribution in [0.15, 0.2) is 18.2 Å². The van der Waals surface area contributed by atoms with Crippen LogP contribution < -0.4 is 5.32 Å². The lowest BCUT2D eigenvalue weighted by Gasteiger charge is -2.21. The number of rotatable bonds is 5. The standard InChI is InChI=1S/C14H21NO2/c1-5-11(4)15-13(14(16)17)12-8-9(2)6-7-10(12)3/h6-8,11,13,15H,5H2,1-4H3,(H,16,17). The average molecular weight is 235 g/mol. The summed E-state index contributed by atoms with van der Waals surface area (Å²) in [6.45, 7) is 7.97. The van der Waals surface area contributed by atoms with E-state index in [1.165, 1.54) is 0 Å². The van der Waals surface area contributed by atoms with Gasteiger partial charge in [-0.25, -0.2) is 0 Å². The van der Waals surface area contributed by atoms with Crippen LogP contribution >= 0.6 is 0 Å². The van der Waals surface area contributed by atoms with Crippen LogP contribution in [0.3, 0.4) is 0 Å². The molecule has 3 nitrogen and oxygen atoms in total. The Hall–Kier alpha value is -1.35. The molecule has 0 amide bonds. The summed E-state index contributed by atoms with van der Waals surface area (Å²) < 4.78 is 0. The van der Waals surface area contributed by atoms with Gasteiger partial charge in [-0.05, 0) is 38.3 Å². The quantitative estimate of drug-likeness (QED) is 0.825. The monoisotopic (exact) mass is 235 g/mol. The van der Waals surface area contributed by atoms with Crippen LogP contribution in [-0.4, -0.2) is 17.1 Å². The first-order chi connectivity index (χ1) is 7.95. The van der Waals surface area contributed by atoms with Gasteiger partial charge in [-0.2, -0.15) is 0 Å². The molecule has 0 saturated heterocycles. The zero-order valence-corrected chi connectivity index (χ0v) is 10.9. The average Bonchev–Trinajstić information content (AvgIpc) is 2.28. The van der Waals surface area contributed by atoms with Gasteiger partial charge in [-0.3, -0.25) is 10.1 Å². The molecule has 17 heavy (non-hydrogen) atoms. The van der Waals surface area contributed by atoms with Gasteiger partial charge < -0.3 is 5.11 Å². The Bertz CT molecular complexity index is 401. The Kier molecular flexibility index (Phi) is 4.70. The predicted molar refractivity (Wildman–Crippen MR) is 69.2 cm³/mol. The molecule has 0 radical (unpaired) electrons. The van der Waals surface area contributed by atoms with Gasteiger partial charge in [0.15, 0.2) is 0 Å². The molecule has 1 aromatic rings. The number of carboxylic acid groups (broad SMARTS) is 1. The third-order valence-electron chi connectivity index (χ3n) is 3.06. The SMILES string of the molecule is CCC(C)NC(C(=O)O)c1cc(C)ccc1C. The maximum Gasteiger partial charge on any atom is 0.325 e. The lowest BCUT2D eigenvalue weighted by Crippen LogP contribution is -2.35. The van der Waals surface area contributed by atoms with E-state index in [-0.39, 0.29) is 6.04 Å². The van der Waals surface area contributed by atoms with Crippen molar-refractivity contribution in [3.63, 3.8) is 0 Å². The Morgan fingerprint density at radius 3 is 2.59 bits per heavy atom. The maximum atomic E-state index is 11.4. The molecule has 2 unspecified atom stereocenters. The van der Waals surface area contributed by atoms with Crippen molar-refractivity contribution in [2.75, 3.05) is 0 Å². The van der Waals surface area contributed by atoms with E-state index >= 15 is 0 Å². The Balaban J connectivity index is 3.05. The minimum Gasteiger partial charge on any atom is -0.480 e. The smallest absolute Gasteiger partial charge is 0.325 e. The van der Waals surface area contributed by atoms with Gasteiger partial charge in [0.2, 0.25) is 0 Å². The first-order valence-corrected chi connectivity index (χ1v) is 6.01. The van der Waals surface area contributed by atoms with Gasteiger partial charge in [0, 0.05) is 6.04 Å². The molecule has 0 saturated carbocycles. The summed E-state index contributed by atoms with van der Waals surface area (Å²) in [5.41, 5.74) is 2.96. The summed E-state index contributed by atoms with van der Waals surface area (Å²) >= 11 is 0. The highest BCUT2D eigenvalue weighted by Crippen LogP contribution is 2.20. The summed E-state index contributed by atoms with van der Waals surface area (Å²) in [5.74, 6) is -0.820. The third kappa shape index (κ3) is 3.56. The van der Waals surface area contributed by atoms with Crippen molar-refractivity contribution in [1.29, 1.82) is 0 Å². The van der Waals surface area contributed by atoms with Crippen molar-refractivity contribution in [3.05, 3.63) is 34.9 Å². The number of aliphatic carboxylic acids is 1. The molecule has 0 aliphatic rings. The molecular formula is C14H21NO2. The van der Waals surface area contributed by atoms with Gasteiger partial charge in [0.1, 0.15) is 6.04 Å². The molecule has 2 N–H and O–H groups in total. The van der Waals surface area contributed by atoms with E-state index in [4.69, 9.17) is 0 Å². The minimum atomic E-state index is -0.820. The van der Waals surface area contributed by atoms with Crippen molar-refractivity contribution in [2.24, 2.45) is 0 Å². The van der Waals surface area contributed by atoms with E-state index in [9.17, 15) is 9.90 Å². The summed E-state index contributed by atoms with van der Waals surface area (Å²) in [5, 5.41) is 12.5. The molecule has 1 aromatic carbocycles.